The number of benzene rings is 2. The van der Waals surface area contributed by atoms with Gasteiger partial charge in [-0.1, -0.05) is 35.3 Å². The Labute approximate surface area is 148 Å². The van der Waals surface area contributed by atoms with Crippen molar-refractivity contribution in [3.8, 4) is 6.07 Å². The predicted molar refractivity (Wildman–Crippen MR) is 92.0 cm³/mol. The molecule has 2 aromatic carbocycles. The van der Waals surface area contributed by atoms with Crippen LogP contribution in [0.5, 0.6) is 0 Å². The molecule has 0 aliphatic rings. The van der Waals surface area contributed by atoms with E-state index in [1.165, 1.54) is 30.5 Å². The number of anilines is 1. The zero-order valence-electron chi connectivity index (χ0n) is 12.3. The van der Waals surface area contributed by atoms with Crippen molar-refractivity contribution in [3.05, 3.63) is 75.7 Å². The van der Waals surface area contributed by atoms with Crippen LogP contribution in [0.4, 0.5) is 10.1 Å². The first-order valence-electron chi connectivity index (χ1n) is 6.84. The molecule has 0 heterocycles. The highest BCUT2D eigenvalue weighted by atomic mass is 35.5. The molecule has 7 heteroatoms. The second-order valence-electron chi connectivity index (χ2n) is 4.76. The molecule has 0 unspecified atom stereocenters. The standard InChI is InChI=1S/C17H12Cl2FN3O/c18-13-4-5-15(19)16(7-13)23-17(24)12(8-21)10-22-9-11-2-1-3-14(20)6-11/h1-7,10,22H,9H2,(H,23,24)/b12-10-. The van der Waals surface area contributed by atoms with E-state index >= 15 is 0 Å². The fourth-order valence-electron chi connectivity index (χ4n) is 1.85. The molecule has 0 atom stereocenters. The quantitative estimate of drug-likeness (QED) is 0.615. The number of carbonyl (C=O) groups is 1. The van der Waals surface area contributed by atoms with Gasteiger partial charge in [-0.05, 0) is 35.9 Å². The van der Waals surface area contributed by atoms with Crippen molar-refractivity contribution in [2.24, 2.45) is 0 Å². The van der Waals surface area contributed by atoms with Gasteiger partial charge in [0.15, 0.2) is 0 Å². The van der Waals surface area contributed by atoms with Gasteiger partial charge < -0.3 is 10.6 Å². The molecular weight excluding hydrogens is 352 g/mol. The summed E-state index contributed by atoms with van der Waals surface area (Å²) in [7, 11) is 0. The molecule has 4 nitrogen and oxygen atoms in total. The van der Waals surface area contributed by atoms with E-state index in [0.717, 1.165) is 0 Å². The summed E-state index contributed by atoms with van der Waals surface area (Å²) < 4.78 is 13.1. The van der Waals surface area contributed by atoms with Gasteiger partial charge in [0.25, 0.3) is 5.91 Å². The summed E-state index contributed by atoms with van der Waals surface area (Å²) in [6, 6.07) is 12.4. The minimum absolute atomic E-state index is 0.151. The van der Waals surface area contributed by atoms with Gasteiger partial charge in [-0.3, -0.25) is 4.79 Å². The van der Waals surface area contributed by atoms with Gasteiger partial charge in [-0.15, -0.1) is 0 Å². The van der Waals surface area contributed by atoms with Gasteiger partial charge in [0.2, 0.25) is 0 Å². The Morgan fingerprint density at radius 1 is 1.25 bits per heavy atom. The summed E-state index contributed by atoms with van der Waals surface area (Å²) in [6.07, 6.45) is 1.26. The fraction of sp³-hybridized carbons (Fsp3) is 0.0588. The van der Waals surface area contributed by atoms with Gasteiger partial charge in [0, 0.05) is 17.8 Å². The molecule has 0 aliphatic heterocycles. The van der Waals surface area contributed by atoms with Crippen LogP contribution in [0, 0.1) is 17.1 Å². The van der Waals surface area contributed by atoms with Crippen molar-refractivity contribution in [2.45, 2.75) is 6.54 Å². The molecule has 0 aromatic heterocycles. The van der Waals surface area contributed by atoms with Crippen molar-refractivity contribution in [1.82, 2.24) is 5.32 Å². The number of nitrogens with zero attached hydrogens (tertiary/aromatic N) is 1. The lowest BCUT2D eigenvalue weighted by atomic mass is 10.2. The minimum atomic E-state index is -0.631. The summed E-state index contributed by atoms with van der Waals surface area (Å²) in [5, 5.41) is 15.1. The van der Waals surface area contributed by atoms with Gasteiger partial charge in [-0.2, -0.15) is 5.26 Å². The van der Waals surface area contributed by atoms with Crippen molar-refractivity contribution in [3.63, 3.8) is 0 Å². The molecule has 0 saturated carbocycles. The van der Waals surface area contributed by atoms with Gasteiger partial charge >= 0.3 is 0 Å². The highest BCUT2D eigenvalue weighted by Gasteiger charge is 2.11. The van der Waals surface area contributed by atoms with Crippen LogP contribution in [0.15, 0.2) is 54.2 Å². The third kappa shape index (κ3) is 4.98. The van der Waals surface area contributed by atoms with Gasteiger partial charge in [0.05, 0.1) is 10.7 Å². The second kappa shape index (κ2) is 8.34. The Morgan fingerprint density at radius 3 is 2.75 bits per heavy atom. The molecule has 0 aliphatic carbocycles. The Bertz CT molecular complexity index is 831. The zero-order chi connectivity index (χ0) is 17.5. The van der Waals surface area contributed by atoms with Crippen LogP contribution in [-0.4, -0.2) is 5.91 Å². The molecular formula is C17H12Cl2FN3O. The van der Waals surface area contributed by atoms with E-state index in [2.05, 4.69) is 10.6 Å². The lowest BCUT2D eigenvalue weighted by Gasteiger charge is -2.07. The van der Waals surface area contributed by atoms with Crippen LogP contribution >= 0.6 is 23.2 Å². The van der Waals surface area contributed by atoms with Crippen molar-refractivity contribution < 1.29 is 9.18 Å². The van der Waals surface area contributed by atoms with Gasteiger partial charge in [-0.25, -0.2) is 4.39 Å². The first-order valence-corrected chi connectivity index (χ1v) is 7.59. The Morgan fingerprint density at radius 2 is 2.04 bits per heavy atom. The second-order valence-corrected chi connectivity index (χ2v) is 5.60. The summed E-state index contributed by atoms with van der Waals surface area (Å²) in [4.78, 5) is 12.1. The predicted octanol–water partition coefficient (Wildman–Crippen LogP) is 4.27. The maximum atomic E-state index is 13.1. The smallest absolute Gasteiger partial charge is 0.267 e. The van der Waals surface area contributed by atoms with Crippen molar-refractivity contribution in [1.29, 1.82) is 5.26 Å². The minimum Gasteiger partial charge on any atom is -0.386 e. The number of nitrogens with one attached hydrogen (secondary N) is 2. The molecule has 0 spiro atoms. The summed E-state index contributed by atoms with van der Waals surface area (Å²) >= 11 is 11.8. The molecule has 1 amide bonds. The normalized spacial score (nSPS) is 10.8. The van der Waals surface area contributed by atoms with Crippen molar-refractivity contribution in [2.75, 3.05) is 5.32 Å². The number of hydrogen-bond donors (Lipinski definition) is 2. The topological polar surface area (TPSA) is 64.9 Å². The maximum absolute atomic E-state index is 13.1. The number of nitriles is 1. The highest BCUT2D eigenvalue weighted by molar-refractivity contribution is 6.35. The largest absolute Gasteiger partial charge is 0.386 e. The van der Waals surface area contributed by atoms with E-state index in [4.69, 9.17) is 28.5 Å². The number of carbonyl (C=O) groups excluding carboxylic acids is 1. The van der Waals surface area contributed by atoms with E-state index in [0.29, 0.717) is 21.3 Å². The van der Waals surface area contributed by atoms with Crippen LogP contribution in [-0.2, 0) is 11.3 Å². The molecule has 2 aromatic rings. The maximum Gasteiger partial charge on any atom is 0.267 e. The molecule has 122 valence electrons. The van der Waals surface area contributed by atoms with E-state index in [1.807, 2.05) is 0 Å². The van der Waals surface area contributed by atoms with Crippen LogP contribution in [0.3, 0.4) is 0 Å². The molecule has 2 rings (SSSR count). The number of hydrogen-bond acceptors (Lipinski definition) is 3. The number of amides is 1. The highest BCUT2D eigenvalue weighted by Crippen LogP contribution is 2.25. The first kappa shape index (κ1) is 17.8. The van der Waals surface area contributed by atoms with E-state index in [1.54, 1.807) is 24.3 Å². The monoisotopic (exact) mass is 363 g/mol. The first-order chi connectivity index (χ1) is 11.5. The molecule has 24 heavy (non-hydrogen) atoms. The van der Waals surface area contributed by atoms with Crippen LogP contribution < -0.4 is 10.6 Å². The third-order valence-corrected chi connectivity index (χ3v) is 3.55. The van der Waals surface area contributed by atoms with E-state index in [9.17, 15) is 9.18 Å². The molecule has 2 N–H and O–H groups in total. The fourth-order valence-corrected chi connectivity index (χ4v) is 2.19. The average Bonchev–Trinajstić information content (AvgIpc) is 2.55. The summed E-state index contributed by atoms with van der Waals surface area (Å²) in [5.41, 5.74) is 0.838. The van der Waals surface area contributed by atoms with Crippen LogP contribution in [0.25, 0.3) is 0 Å². The summed E-state index contributed by atoms with van der Waals surface area (Å²) in [5.74, 6) is -0.986. The SMILES string of the molecule is N#C/C(=C/NCc1cccc(F)c1)C(=O)Nc1cc(Cl)ccc1Cl. The number of rotatable bonds is 5. The van der Waals surface area contributed by atoms with Crippen LogP contribution in [0.1, 0.15) is 5.56 Å². The lowest BCUT2D eigenvalue weighted by Crippen LogP contribution is -2.17. The third-order valence-electron chi connectivity index (χ3n) is 2.98. The Kier molecular flexibility index (Phi) is 6.19. The average molecular weight is 364 g/mol. The summed E-state index contributed by atoms with van der Waals surface area (Å²) in [6.45, 7) is 0.272. The van der Waals surface area contributed by atoms with E-state index in [-0.39, 0.29) is 17.9 Å². The van der Waals surface area contributed by atoms with Crippen LogP contribution in [0.2, 0.25) is 10.0 Å². The Hall–Kier alpha value is -2.55. The molecule has 0 radical (unpaired) electrons. The molecule has 0 bridgehead atoms. The zero-order valence-corrected chi connectivity index (χ0v) is 13.8. The van der Waals surface area contributed by atoms with Gasteiger partial charge in [0.1, 0.15) is 17.5 Å². The molecule has 0 saturated heterocycles. The lowest BCUT2D eigenvalue weighted by molar-refractivity contribution is -0.112. The number of halogens is 3. The van der Waals surface area contributed by atoms with Crippen molar-refractivity contribution >= 4 is 34.8 Å². The molecule has 0 fully saturated rings. The Balaban J connectivity index is 2.03. The van der Waals surface area contributed by atoms with E-state index < -0.39 is 5.91 Å².